The van der Waals surface area contributed by atoms with Gasteiger partial charge in [-0.2, -0.15) is 0 Å². The lowest BCUT2D eigenvalue weighted by atomic mass is 10.0. The first-order chi connectivity index (χ1) is 9.69. The summed E-state index contributed by atoms with van der Waals surface area (Å²) in [5, 5.41) is 0. The first-order valence-corrected chi connectivity index (χ1v) is 6.85. The molecule has 0 amide bonds. The second-order valence-corrected chi connectivity index (χ2v) is 5.14. The van der Waals surface area contributed by atoms with Crippen molar-refractivity contribution >= 4 is 11.1 Å². The standard InChI is InChI=1S/C17H18N2O/c1-11-9-12(2)16-15(10-11)19-17(20-16)14-6-4-3-5-13(14)7-8-18/h3-6,9-10H,7-8,18H2,1-2H3. The van der Waals surface area contributed by atoms with Gasteiger partial charge in [-0.25, -0.2) is 4.98 Å². The van der Waals surface area contributed by atoms with E-state index in [1.54, 1.807) is 0 Å². The van der Waals surface area contributed by atoms with Gasteiger partial charge in [-0.15, -0.1) is 0 Å². The molecule has 0 saturated carbocycles. The molecule has 3 aromatic rings. The molecular formula is C17H18N2O. The molecule has 102 valence electrons. The molecule has 20 heavy (non-hydrogen) atoms. The molecule has 0 aliphatic rings. The lowest BCUT2D eigenvalue weighted by molar-refractivity contribution is 0.616. The molecule has 0 fully saturated rings. The molecule has 3 heteroatoms. The Labute approximate surface area is 118 Å². The van der Waals surface area contributed by atoms with Crippen molar-refractivity contribution in [1.29, 1.82) is 0 Å². The van der Waals surface area contributed by atoms with E-state index in [-0.39, 0.29) is 0 Å². The van der Waals surface area contributed by atoms with Gasteiger partial charge < -0.3 is 10.2 Å². The number of nitrogens with two attached hydrogens (primary N) is 1. The van der Waals surface area contributed by atoms with Gasteiger partial charge in [0.05, 0.1) is 0 Å². The number of hydrogen-bond donors (Lipinski definition) is 1. The Morgan fingerprint density at radius 1 is 1.15 bits per heavy atom. The number of hydrogen-bond acceptors (Lipinski definition) is 3. The van der Waals surface area contributed by atoms with E-state index in [2.05, 4.69) is 37.0 Å². The Morgan fingerprint density at radius 3 is 2.75 bits per heavy atom. The number of aromatic nitrogens is 1. The van der Waals surface area contributed by atoms with Crippen molar-refractivity contribution in [1.82, 2.24) is 4.98 Å². The topological polar surface area (TPSA) is 52.0 Å². The summed E-state index contributed by atoms with van der Waals surface area (Å²) in [5.74, 6) is 0.678. The summed E-state index contributed by atoms with van der Waals surface area (Å²) in [6.07, 6.45) is 0.826. The highest BCUT2D eigenvalue weighted by atomic mass is 16.3. The smallest absolute Gasteiger partial charge is 0.227 e. The molecule has 0 atom stereocenters. The Morgan fingerprint density at radius 2 is 1.95 bits per heavy atom. The molecule has 0 aliphatic heterocycles. The fraction of sp³-hybridized carbons (Fsp3) is 0.235. The Balaban J connectivity index is 2.18. The monoisotopic (exact) mass is 266 g/mol. The van der Waals surface area contributed by atoms with Gasteiger partial charge in [-0.3, -0.25) is 0 Å². The van der Waals surface area contributed by atoms with Crippen molar-refractivity contribution in [2.24, 2.45) is 5.73 Å². The van der Waals surface area contributed by atoms with Crippen LogP contribution in [0, 0.1) is 13.8 Å². The molecule has 2 N–H and O–H groups in total. The largest absolute Gasteiger partial charge is 0.436 e. The summed E-state index contributed by atoms with van der Waals surface area (Å²) in [4.78, 5) is 4.64. The first kappa shape index (κ1) is 12.9. The predicted octanol–water partition coefficient (Wildman–Crippen LogP) is 3.61. The lowest BCUT2D eigenvalue weighted by Crippen LogP contribution is -2.03. The average molecular weight is 266 g/mol. The third-order valence-electron chi connectivity index (χ3n) is 3.48. The zero-order valence-electron chi connectivity index (χ0n) is 11.8. The molecule has 3 nitrogen and oxygen atoms in total. The Kier molecular flexibility index (Phi) is 3.28. The zero-order chi connectivity index (χ0) is 14.1. The van der Waals surface area contributed by atoms with Crippen LogP contribution in [-0.4, -0.2) is 11.5 Å². The fourth-order valence-electron chi connectivity index (χ4n) is 2.59. The molecule has 0 aliphatic carbocycles. The molecular weight excluding hydrogens is 248 g/mol. The molecule has 1 heterocycles. The highest BCUT2D eigenvalue weighted by Crippen LogP contribution is 2.29. The Bertz CT molecular complexity index is 759. The molecule has 0 radical (unpaired) electrons. The number of oxazole rings is 1. The van der Waals surface area contributed by atoms with E-state index < -0.39 is 0 Å². The maximum atomic E-state index is 5.97. The van der Waals surface area contributed by atoms with Gasteiger partial charge in [0.25, 0.3) is 0 Å². The first-order valence-electron chi connectivity index (χ1n) is 6.85. The fourth-order valence-corrected chi connectivity index (χ4v) is 2.59. The maximum Gasteiger partial charge on any atom is 0.227 e. The van der Waals surface area contributed by atoms with Gasteiger partial charge in [0.1, 0.15) is 5.52 Å². The second-order valence-electron chi connectivity index (χ2n) is 5.14. The van der Waals surface area contributed by atoms with Gasteiger partial charge in [-0.1, -0.05) is 24.3 Å². The molecule has 1 aromatic heterocycles. The average Bonchev–Trinajstić information content (AvgIpc) is 2.83. The van der Waals surface area contributed by atoms with Gasteiger partial charge in [-0.05, 0) is 55.6 Å². The quantitative estimate of drug-likeness (QED) is 0.787. The van der Waals surface area contributed by atoms with E-state index in [1.165, 1.54) is 11.1 Å². The van der Waals surface area contributed by atoms with E-state index in [9.17, 15) is 0 Å². The number of nitrogens with zero attached hydrogens (tertiary/aromatic N) is 1. The summed E-state index contributed by atoms with van der Waals surface area (Å²) in [6.45, 7) is 4.74. The van der Waals surface area contributed by atoms with Crippen LogP contribution in [0.4, 0.5) is 0 Å². The van der Waals surface area contributed by atoms with Gasteiger partial charge in [0.2, 0.25) is 5.89 Å². The van der Waals surface area contributed by atoms with Gasteiger partial charge in [0, 0.05) is 5.56 Å². The Hall–Kier alpha value is -2.13. The predicted molar refractivity (Wildman–Crippen MR) is 81.7 cm³/mol. The number of benzene rings is 2. The van der Waals surface area contributed by atoms with Crippen LogP contribution in [-0.2, 0) is 6.42 Å². The van der Waals surface area contributed by atoms with Crippen molar-refractivity contribution in [3.05, 3.63) is 53.1 Å². The minimum atomic E-state index is 0.620. The highest BCUT2D eigenvalue weighted by Gasteiger charge is 2.13. The van der Waals surface area contributed by atoms with Crippen molar-refractivity contribution in [3.8, 4) is 11.5 Å². The zero-order valence-corrected chi connectivity index (χ0v) is 11.8. The molecule has 0 unspecified atom stereocenters. The summed E-state index contributed by atoms with van der Waals surface area (Å²) >= 11 is 0. The SMILES string of the molecule is Cc1cc(C)c2oc(-c3ccccc3CCN)nc2c1. The van der Waals surface area contributed by atoms with Crippen molar-refractivity contribution in [2.75, 3.05) is 6.54 Å². The maximum absolute atomic E-state index is 5.97. The van der Waals surface area contributed by atoms with Crippen molar-refractivity contribution in [2.45, 2.75) is 20.3 Å². The van der Waals surface area contributed by atoms with Crippen molar-refractivity contribution < 1.29 is 4.42 Å². The highest BCUT2D eigenvalue weighted by molar-refractivity contribution is 5.80. The number of rotatable bonds is 3. The number of aryl methyl sites for hydroxylation is 2. The normalized spacial score (nSPS) is 11.2. The van der Waals surface area contributed by atoms with Crippen LogP contribution in [0.2, 0.25) is 0 Å². The van der Waals surface area contributed by atoms with Crippen LogP contribution in [0.1, 0.15) is 16.7 Å². The van der Waals surface area contributed by atoms with Crippen LogP contribution >= 0.6 is 0 Å². The van der Waals surface area contributed by atoms with E-state index >= 15 is 0 Å². The summed E-state index contributed by atoms with van der Waals surface area (Å²) in [5.41, 5.74) is 12.0. The third kappa shape index (κ3) is 2.21. The van der Waals surface area contributed by atoms with Crippen LogP contribution in [0.25, 0.3) is 22.6 Å². The molecule has 0 bridgehead atoms. The minimum absolute atomic E-state index is 0.620. The van der Waals surface area contributed by atoms with E-state index in [1.807, 2.05) is 18.2 Å². The molecule has 2 aromatic carbocycles. The van der Waals surface area contributed by atoms with Gasteiger partial charge >= 0.3 is 0 Å². The van der Waals surface area contributed by atoms with Crippen LogP contribution < -0.4 is 5.73 Å². The molecule has 0 saturated heterocycles. The van der Waals surface area contributed by atoms with Crippen LogP contribution in [0.5, 0.6) is 0 Å². The summed E-state index contributed by atoms with van der Waals surface area (Å²) < 4.78 is 5.97. The lowest BCUT2D eigenvalue weighted by Gasteiger charge is -2.04. The van der Waals surface area contributed by atoms with E-state index in [4.69, 9.17) is 10.2 Å². The minimum Gasteiger partial charge on any atom is -0.436 e. The molecule has 3 rings (SSSR count). The molecule has 0 spiro atoms. The van der Waals surface area contributed by atoms with E-state index in [0.29, 0.717) is 12.4 Å². The number of fused-ring (bicyclic) bond motifs is 1. The summed E-state index contributed by atoms with van der Waals surface area (Å²) in [7, 11) is 0. The third-order valence-corrected chi connectivity index (χ3v) is 3.48. The van der Waals surface area contributed by atoms with Crippen molar-refractivity contribution in [3.63, 3.8) is 0 Å². The summed E-state index contributed by atoms with van der Waals surface area (Å²) in [6, 6.07) is 12.3. The van der Waals surface area contributed by atoms with E-state index in [0.717, 1.165) is 28.6 Å². The van der Waals surface area contributed by atoms with Gasteiger partial charge in [0.15, 0.2) is 5.58 Å². The second kappa shape index (κ2) is 5.10. The van der Waals surface area contributed by atoms with Crippen LogP contribution in [0.3, 0.4) is 0 Å². The van der Waals surface area contributed by atoms with Crippen LogP contribution in [0.15, 0.2) is 40.8 Å².